The summed E-state index contributed by atoms with van der Waals surface area (Å²) in [4.78, 5) is 2.52. The van der Waals surface area contributed by atoms with Crippen LogP contribution in [0.25, 0.3) is 0 Å². The average molecular weight is 268 g/mol. The van der Waals surface area contributed by atoms with E-state index in [1.54, 1.807) is 11.8 Å². The lowest BCUT2D eigenvalue weighted by Crippen LogP contribution is -2.30. The zero-order chi connectivity index (χ0) is 13.3. The minimum Gasteiger partial charge on any atom is -0.396 e. The van der Waals surface area contributed by atoms with Crippen LogP contribution in [0.4, 0.5) is 0 Å². The van der Waals surface area contributed by atoms with Gasteiger partial charge in [0.1, 0.15) is 0 Å². The van der Waals surface area contributed by atoms with Crippen molar-refractivity contribution >= 4 is 11.8 Å². The van der Waals surface area contributed by atoms with Crippen molar-refractivity contribution in [3.05, 3.63) is 72.3 Å². The van der Waals surface area contributed by atoms with Crippen molar-refractivity contribution in [3.63, 3.8) is 0 Å². The predicted molar refractivity (Wildman–Crippen MR) is 79.7 cm³/mol. The van der Waals surface area contributed by atoms with Crippen LogP contribution in [-0.4, -0.2) is 11.7 Å². The summed E-state index contributed by atoms with van der Waals surface area (Å²) in [5.41, 5.74) is 2.23. The van der Waals surface area contributed by atoms with E-state index in [0.717, 1.165) is 0 Å². The fourth-order valence-corrected chi connectivity index (χ4v) is 4.13. The monoisotopic (exact) mass is 268 g/mol. The molecular weight excluding hydrogens is 252 g/mol. The molecule has 1 N–H and O–H groups in total. The molecular formula is C17H16OS. The van der Waals surface area contributed by atoms with E-state index in [4.69, 9.17) is 0 Å². The number of allylic oxidation sites excluding steroid dienone is 1. The van der Waals surface area contributed by atoms with Gasteiger partial charge in [-0.05, 0) is 29.7 Å². The molecule has 0 bridgehead atoms. The molecule has 0 aromatic heterocycles. The van der Waals surface area contributed by atoms with Gasteiger partial charge in [0.15, 0.2) is 0 Å². The van der Waals surface area contributed by atoms with Crippen molar-refractivity contribution in [2.75, 3.05) is 6.61 Å². The second-order valence-corrected chi connectivity index (χ2v) is 5.83. The Hall–Kier alpha value is -1.51. The summed E-state index contributed by atoms with van der Waals surface area (Å²) in [5, 5.41) is 9.51. The molecule has 0 saturated heterocycles. The highest BCUT2D eigenvalue weighted by atomic mass is 32.2. The van der Waals surface area contributed by atoms with E-state index >= 15 is 0 Å². The third kappa shape index (κ3) is 1.83. The van der Waals surface area contributed by atoms with Crippen molar-refractivity contribution in [2.45, 2.75) is 21.6 Å². The Morgan fingerprint density at radius 2 is 1.53 bits per heavy atom. The Morgan fingerprint density at radius 3 is 2.00 bits per heavy atom. The lowest BCUT2D eigenvalue weighted by molar-refractivity contribution is 0.265. The molecule has 2 aromatic carbocycles. The number of aliphatic hydroxyl groups excluding tert-OH is 1. The van der Waals surface area contributed by atoms with Gasteiger partial charge >= 0.3 is 0 Å². The lowest BCUT2D eigenvalue weighted by Gasteiger charge is -2.38. The molecule has 1 nitrogen and oxygen atoms in total. The molecule has 0 spiro atoms. The zero-order valence-corrected chi connectivity index (χ0v) is 11.5. The first-order chi connectivity index (χ1) is 9.31. The minimum absolute atomic E-state index is 0.152. The fraction of sp³-hybridized carbons (Fsp3) is 0.176. The van der Waals surface area contributed by atoms with Crippen molar-refractivity contribution in [2.24, 2.45) is 0 Å². The second kappa shape index (κ2) is 4.87. The molecule has 0 aliphatic carbocycles. The van der Waals surface area contributed by atoms with Gasteiger partial charge < -0.3 is 5.11 Å². The molecule has 0 amide bonds. The second-order valence-electron chi connectivity index (χ2n) is 4.74. The summed E-state index contributed by atoms with van der Waals surface area (Å²) in [7, 11) is 0. The van der Waals surface area contributed by atoms with Crippen molar-refractivity contribution < 1.29 is 5.11 Å². The van der Waals surface area contributed by atoms with Gasteiger partial charge in [-0.3, -0.25) is 0 Å². The SMILES string of the molecule is C=CC1(CCO)c2ccccc2Sc2ccccc21. The molecule has 1 heterocycles. The van der Waals surface area contributed by atoms with E-state index in [-0.39, 0.29) is 12.0 Å². The number of hydrogen-bond acceptors (Lipinski definition) is 2. The van der Waals surface area contributed by atoms with Crippen molar-refractivity contribution in [1.82, 2.24) is 0 Å². The molecule has 96 valence electrons. The predicted octanol–water partition coefficient (Wildman–Crippen LogP) is 4.01. The van der Waals surface area contributed by atoms with Crippen LogP contribution in [0.1, 0.15) is 17.5 Å². The maximum absolute atomic E-state index is 9.51. The van der Waals surface area contributed by atoms with Crippen LogP contribution in [0.5, 0.6) is 0 Å². The topological polar surface area (TPSA) is 20.2 Å². The fourth-order valence-electron chi connectivity index (χ4n) is 2.88. The third-order valence-corrected chi connectivity index (χ3v) is 4.96. The van der Waals surface area contributed by atoms with Crippen LogP contribution in [0.15, 0.2) is 71.0 Å². The van der Waals surface area contributed by atoms with Crippen LogP contribution < -0.4 is 0 Å². The van der Waals surface area contributed by atoms with Crippen LogP contribution in [0.2, 0.25) is 0 Å². The standard InChI is InChI=1S/C17H16OS/c1-2-17(11-12-18)13-7-3-5-9-15(13)19-16-10-6-4-8-14(16)17/h2-10,18H,1,11-12H2. The van der Waals surface area contributed by atoms with E-state index in [1.165, 1.54) is 20.9 Å². The quantitative estimate of drug-likeness (QED) is 0.849. The molecule has 2 heteroatoms. The minimum atomic E-state index is -0.271. The normalized spacial score (nSPS) is 15.4. The van der Waals surface area contributed by atoms with Crippen molar-refractivity contribution in [3.8, 4) is 0 Å². The molecule has 2 aromatic rings. The third-order valence-electron chi connectivity index (χ3n) is 3.81. The summed E-state index contributed by atoms with van der Waals surface area (Å²) in [6, 6.07) is 16.8. The molecule has 0 radical (unpaired) electrons. The lowest BCUT2D eigenvalue weighted by atomic mass is 9.72. The first-order valence-electron chi connectivity index (χ1n) is 6.43. The zero-order valence-electron chi connectivity index (χ0n) is 10.7. The smallest absolute Gasteiger partial charge is 0.0445 e. The average Bonchev–Trinajstić information content (AvgIpc) is 2.47. The summed E-state index contributed by atoms with van der Waals surface area (Å²) >= 11 is 1.80. The van der Waals surface area contributed by atoms with E-state index in [2.05, 4.69) is 55.1 Å². The van der Waals surface area contributed by atoms with Gasteiger partial charge in [-0.1, -0.05) is 54.2 Å². The van der Waals surface area contributed by atoms with E-state index in [1.807, 2.05) is 6.08 Å². The number of fused-ring (bicyclic) bond motifs is 2. The van der Waals surface area contributed by atoms with E-state index in [9.17, 15) is 5.11 Å². The van der Waals surface area contributed by atoms with Gasteiger partial charge in [0.25, 0.3) is 0 Å². The highest BCUT2D eigenvalue weighted by Gasteiger charge is 2.37. The number of rotatable bonds is 3. The van der Waals surface area contributed by atoms with Gasteiger partial charge in [0, 0.05) is 21.8 Å². The summed E-state index contributed by atoms with van der Waals surface area (Å²) in [6.45, 7) is 4.20. The highest BCUT2D eigenvalue weighted by Crippen LogP contribution is 2.51. The van der Waals surface area contributed by atoms with Crippen molar-refractivity contribution in [1.29, 1.82) is 0 Å². The Bertz CT molecular complexity index is 573. The van der Waals surface area contributed by atoms with E-state index < -0.39 is 0 Å². The summed E-state index contributed by atoms with van der Waals surface area (Å²) in [6.07, 6.45) is 2.66. The highest BCUT2D eigenvalue weighted by molar-refractivity contribution is 7.99. The molecule has 1 aliphatic rings. The maximum atomic E-state index is 9.51. The first kappa shape index (κ1) is 12.5. The van der Waals surface area contributed by atoms with Gasteiger partial charge in [-0.2, -0.15) is 0 Å². The van der Waals surface area contributed by atoms with Crippen LogP contribution in [0, 0.1) is 0 Å². The number of hydrogen-bond donors (Lipinski definition) is 1. The van der Waals surface area contributed by atoms with Crippen LogP contribution in [0.3, 0.4) is 0 Å². The van der Waals surface area contributed by atoms with Crippen LogP contribution >= 0.6 is 11.8 Å². The van der Waals surface area contributed by atoms with Gasteiger partial charge in [0.05, 0.1) is 0 Å². The first-order valence-corrected chi connectivity index (χ1v) is 7.25. The maximum Gasteiger partial charge on any atom is 0.0445 e. The molecule has 19 heavy (non-hydrogen) atoms. The molecule has 0 unspecified atom stereocenters. The molecule has 0 saturated carbocycles. The Morgan fingerprint density at radius 1 is 1.00 bits per heavy atom. The van der Waals surface area contributed by atoms with E-state index in [0.29, 0.717) is 6.42 Å². The number of aliphatic hydroxyl groups is 1. The van der Waals surface area contributed by atoms with Gasteiger partial charge in [-0.15, -0.1) is 6.58 Å². The molecule has 0 atom stereocenters. The summed E-state index contributed by atoms with van der Waals surface area (Å²) in [5.74, 6) is 0. The van der Waals surface area contributed by atoms with Gasteiger partial charge in [-0.25, -0.2) is 0 Å². The Balaban J connectivity index is 2.30. The largest absolute Gasteiger partial charge is 0.396 e. The number of benzene rings is 2. The Kier molecular flexibility index (Phi) is 3.21. The molecule has 1 aliphatic heterocycles. The summed E-state index contributed by atoms with van der Waals surface area (Å²) < 4.78 is 0. The molecule has 0 fully saturated rings. The van der Waals surface area contributed by atoms with Crippen LogP contribution in [-0.2, 0) is 5.41 Å². The van der Waals surface area contributed by atoms with Gasteiger partial charge in [0.2, 0.25) is 0 Å². The molecule has 3 rings (SSSR count). The Labute approximate surface area is 118 Å².